The van der Waals surface area contributed by atoms with Gasteiger partial charge in [-0.05, 0) is 110 Å². The van der Waals surface area contributed by atoms with E-state index in [-0.39, 0.29) is 0 Å². The van der Waals surface area contributed by atoms with E-state index >= 15 is 0 Å². The van der Waals surface area contributed by atoms with Crippen molar-refractivity contribution in [3.8, 4) is 33.9 Å². The van der Waals surface area contributed by atoms with Gasteiger partial charge in [-0.25, -0.2) is 9.97 Å². The summed E-state index contributed by atoms with van der Waals surface area (Å²) < 4.78 is 0. The number of nitrogens with zero attached hydrogens (tertiary/aromatic N) is 3. The molecule has 3 nitrogen and oxygen atoms in total. The molecule has 0 saturated carbocycles. The summed E-state index contributed by atoms with van der Waals surface area (Å²) in [6, 6.07) is 51.7. The lowest BCUT2D eigenvalue weighted by atomic mass is 9.98. The molecule has 2 aromatic heterocycles. The van der Waals surface area contributed by atoms with Crippen LogP contribution < -0.4 is 0 Å². The zero-order valence-electron chi connectivity index (χ0n) is 23.8. The third-order valence-corrected chi connectivity index (χ3v) is 8.59. The highest BCUT2D eigenvalue weighted by Crippen LogP contribution is 2.33. The largest absolute Gasteiger partial charge is 0.256 e. The highest BCUT2D eigenvalue weighted by Gasteiger charge is 2.13. The molecule has 0 aliphatic carbocycles. The van der Waals surface area contributed by atoms with Gasteiger partial charge in [0.15, 0.2) is 5.82 Å². The molecule has 0 radical (unpaired) electrons. The molecule has 204 valence electrons. The number of aromatic nitrogens is 3. The molecule has 0 aliphatic heterocycles. The third kappa shape index (κ3) is 4.26. The van der Waals surface area contributed by atoms with Crippen LogP contribution in [0.15, 0.2) is 152 Å². The second-order valence-electron chi connectivity index (χ2n) is 11.4. The van der Waals surface area contributed by atoms with Crippen LogP contribution >= 0.6 is 0 Å². The Morgan fingerprint density at radius 3 is 1.34 bits per heavy atom. The summed E-state index contributed by atoms with van der Waals surface area (Å²) in [6.45, 7) is 0. The van der Waals surface area contributed by atoms with Crippen molar-refractivity contribution in [2.75, 3.05) is 0 Å². The minimum absolute atomic E-state index is 0.695. The number of benzene rings is 7. The third-order valence-electron chi connectivity index (χ3n) is 8.59. The van der Waals surface area contributed by atoms with Gasteiger partial charge in [0, 0.05) is 28.3 Å². The molecule has 0 N–H and O–H groups in total. The quantitative estimate of drug-likeness (QED) is 0.202. The van der Waals surface area contributed by atoms with Gasteiger partial charge in [-0.1, -0.05) is 78.9 Å². The van der Waals surface area contributed by atoms with Crippen molar-refractivity contribution in [2.45, 2.75) is 0 Å². The van der Waals surface area contributed by atoms with E-state index in [0.29, 0.717) is 5.82 Å². The molecule has 0 fully saturated rings. The lowest BCUT2D eigenvalue weighted by Crippen LogP contribution is -1.96. The summed E-state index contributed by atoms with van der Waals surface area (Å²) in [4.78, 5) is 14.8. The molecule has 0 atom stereocenters. The molecule has 0 spiro atoms. The standard InChI is InChI=1S/C41H25N3/c1-3-8-28-20-36-23-33(13-11-30(36)18-26(28)6-1)39-25-40(44-41(43-39)35-15-16-38-32(22-35)10-5-17-42-38)34-14-12-31-19-27-7-2-4-9-29(27)21-37(31)24-34/h1-25H. The number of hydrogen-bond donors (Lipinski definition) is 0. The first kappa shape index (κ1) is 24.6. The van der Waals surface area contributed by atoms with Gasteiger partial charge in [-0.2, -0.15) is 0 Å². The zero-order chi connectivity index (χ0) is 29.0. The first-order valence-corrected chi connectivity index (χ1v) is 14.8. The first-order valence-electron chi connectivity index (χ1n) is 14.8. The first-order chi connectivity index (χ1) is 21.7. The van der Waals surface area contributed by atoms with E-state index in [1.165, 1.54) is 43.1 Å². The summed E-state index contributed by atoms with van der Waals surface area (Å²) in [7, 11) is 0. The van der Waals surface area contributed by atoms with Crippen molar-refractivity contribution in [2.24, 2.45) is 0 Å². The van der Waals surface area contributed by atoms with Crippen LogP contribution in [0.3, 0.4) is 0 Å². The Bertz CT molecular complexity index is 2430. The predicted octanol–water partition coefficient (Wildman–Crippen LogP) is 10.6. The minimum Gasteiger partial charge on any atom is -0.256 e. The molecule has 9 aromatic rings. The molecular formula is C41H25N3. The van der Waals surface area contributed by atoms with Crippen LogP contribution in [0.1, 0.15) is 0 Å². The number of fused-ring (bicyclic) bond motifs is 5. The smallest absolute Gasteiger partial charge is 0.160 e. The van der Waals surface area contributed by atoms with Crippen LogP contribution in [0.25, 0.3) is 87.9 Å². The lowest BCUT2D eigenvalue weighted by molar-refractivity contribution is 1.18. The maximum atomic E-state index is 5.15. The summed E-state index contributed by atoms with van der Waals surface area (Å²) in [6.07, 6.45) is 1.82. The minimum atomic E-state index is 0.695. The molecular weight excluding hydrogens is 534 g/mol. The molecule has 44 heavy (non-hydrogen) atoms. The van der Waals surface area contributed by atoms with Crippen LogP contribution in [0.4, 0.5) is 0 Å². The normalized spacial score (nSPS) is 11.6. The second-order valence-corrected chi connectivity index (χ2v) is 11.4. The summed E-state index contributed by atoms with van der Waals surface area (Å²) in [5.41, 5.74) is 5.83. The van der Waals surface area contributed by atoms with E-state index in [2.05, 4.69) is 138 Å². The van der Waals surface area contributed by atoms with E-state index in [4.69, 9.17) is 9.97 Å². The van der Waals surface area contributed by atoms with Crippen molar-refractivity contribution in [1.82, 2.24) is 15.0 Å². The number of pyridine rings is 1. The summed E-state index contributed by atoms with van der Waals surface area (Å²) >= 11 is 0. The van der Waals surface area contributed by atoms with Crippen LogP contribution in [0.5, 0.6) is 0 Å². The fourth-order valence-corrected chi connectivity index (χ4v) is 6.29. The van der Waals surface area contributed by atoms with Crippen molar-refractivity contribution >= 4 is 54.0 Å². The average molecular weight is 560 g/mol. The van der Waals surface area contributed by atoms with Gasteiger partial charge < -0.3 is 0 Å². The maximum absolute atomic E-state index is 5.15. The van der Waals surface area contributed by atoms with E-state index < -0.39 is 0 Å². The molecule has 0 bridgehead atoms. The Hall–Kier alpha value is -5.93. The predicted molar refractivity (Wildman–Crippen MR) is 184 cm³/mol. The van der Waals surface area contributed by atoms with Gasteiger partial charge in [0.25, 0.3) is 0 Å². The Morgan fingerprint density at radius 1 is 0.318 bits per heavy atom. The summed E-state index contributed by atoms with van der Waals surface area (Å²) in [5.74, 6) is 0.695. The molecule has 9 rings (SSSR count). The molecule has 2 heterocycles. The van der Waals surface area contributed by atoms with Gasteiger partial charge in [-0.3, -0.25) is 4.98 Å². The van der Waals surface area contributed by atoms with Gasteiger partial charge in [0.1, 0.15) is 0 Å². The zero-order valence-corrected chi connectivity index (χ0v) is 23.8. The van der Waals surface area contributed by atoms with E-state index in [1.807, 2.05) is 18.3 Å². The molecule has 0 saturated heterocycles. The van der Waals surface area contributed by atoms with Crippen molar-refractivity contribution in [1.29, 1.82) is 0 Å². The van der Waals surface area contributed by atoms with Gasteiger partial charge >= 0.3 is 0 Å². The van der Waals surface area contributed by atoms with E-state index in [0.717, 1.165) is 39.0 Å². The molecule has 0 unspecified atom stereocenters. The van der Waals surface area contributed by atoms with E-state index in [1.54, 1.807) is 0 Å². The molecule has 7 aromatic carbocycles. The van der Waals surface area contributed by atoms with Crippen LogP contribution in [0, 0.1) is 0 Å². The van der Waals surface area contributed by atoms with Crippen LogP contribution in [-0.4, -0.2) is 15.0 Å². The van der Waals surface area contributed by atoms with Crippen LogP contribution in [0.2, 0.25) is 0 Å². The molecule has 0 amide bonds. The van der Waals surface area contributed by atoms with Crippen LogP contribution in [-0.2, 0) is 0 Å². The maximum Gasteiger partial charge on any atom is 0.160 e. The van der Waals surface area contributed by atoms with Gasteiger partial charge in [0.05, 0.1) is 16.9 Å². The Kier molecular flexibility index (Phi) is 5.50. The highest BCUT2D eigenvalue weighted by atomic mass is 14.9. The molecule has 0 aliphatic rings. The SMILES string of the molecule is c1ccc2cc3cc(-c4cc(-c5ccc6cc7ccccc7cc6c5)nc(-c5ccc6ncccc6c5)n4)ccc3cc2c1. The Balaban J connectivity index is 1.24. The Morgan fingerprint density at radius 2 is 0.773 bits per heavy atom. The topological polar surface area (TPSA) is 38.7 Å². The Labute approximate surface area is 254 Å². The van der Waals surface area contributed by atoms with Crippen molar-refractivity contribution < 1.29 is 0 Å². The lowest BCUT2D eigenvalue weighted by Gasteiger charge is -2.12. The second kappa shape index (κ2) is 9.82. The fraction of sp³-hybridized carbons (Fsp3) is 0. The number of hydrogen-bond acceptors (Lipinski definition) is 3. The fourth-order valence-electron chi connectivity index (χ4n) is 6.29. The van der Waals surface area contributed by atoms with E-state index in [9.17, 15) is 0 Å². The molecule has 3 heteroatoms. The van der Waals surface area contributed by atoms with Crippen molar-refractivity contribution in [3.05, 3.63) is 152 Å². The highest BCUT2D eigenvalue weighted by molar-refractivity contribution is 6.01. The summed E-state index contributed by atoms with van der Waals surface area (Å²) in [5, 5.41) is 10.8. The van der Waals surface area contributed by atoms with Gasteiger partial charge in [-0.15, -0.1) is 0 Å². The monoisotopic (exact) mass is 559 g/mol. The van der Waals surface area contributed by atoms with Crippen molar-refractivity contribution in [3.63, 3.8) is 0 Å². The average Bonchev–Trinajstić information content (AvgIpc) is 3.09. The number of rotatable bonds is 3. The van der Waals surface area contributed by atoms with Gasteiger partial charge in [0.2, 0.25) is 0 Å².